The van der Waals surface area contributed by atoms with Crippen molar-refractivity contribution >= 4 is 0 Å². The maximum atomic E-state index is 5.07. The number of nitrogens with one attached hydrogen (secondary N) is 1. The number of benzene rings is 1. The molecule has 0 bridgehead atoms. The zero-order valence-corrected chi connectivity index (χ0v) is 12.8. The molecular formula is C17H23N3O. The van der Waals surface area contributed by atoms with E-state index < -0.39 is 0 Å². The lowest BCUT2D eigenvalue weighted by Crippen LogP contribution is -2.19. The number of methoxy groups -OCH3 is 1. The summed E-state index contributed by atoms with van der Waals surface area (Å²) < 4.78 is 7.09. The maximum Gasteiger partial charge on any atom is 0.0690 e. The van der Waals surface area contributed by atoms with Crippen LogP contribution in [0.4, 0.5) is 0 Å². The van der Waals surface area contributed by atoms with Gasteiger partial charge in [-0.2, -0.15) is 5.10 Å². The smallest absolute Gasteiger partial charge is 0.0690 e. The zero-order chi connectivity index (χ0) is 14.7. The predicted octanol–water partition coefficient (Wildman–Crippen LogP) is 2.79. The van der Waals surface area contributed by atoms with Gasteiger partial charge < -0.3 is 10.1 Å². The van der Waals surface area contributed by atoms with Gasteiger partial charge in [0, 0.05) is 32.3 Å². The summed E-state index contributed by atoms with van der Waals surface area (Å²) >= 11 is 0. The second-order valence-electron chi connectivity index (χ2n) is 5.76. The van der Waals surface area contributed by atoms with Crippen molar-refractivity contribution in [3.63, 3.8) is 0 Å². The van der Waals surface area contributed by atoms with E-state index in [1.54, 1.807) is 7.11 Å². The highest BCUT2D eigenvalue weighted by Crippen LogP contribution is 2.39. The minimum absolute atomic E-state index is 0.694. The van der Waals surface area contributed by atoms with E-state index in [-0.39, 0.29) is 0 Å². The first kappa shape index (κ1) is 14.3. The highest BCUT2D eigenvalue weighted by Gasteiger charge is 2.26. The number of rotatable bonds is 7. The van der Waals surface area contributed by atoms with Crippen LogP contribution in [0.15, 0.2) is 30.5 Å². The van der Waals surface area contributed by atoms with Crippen LogP contribution in [0, 0.1) is 6.92 Å². The van der Waals surface area contributed by atoms with Gasteiger partial charge >= 0.3 is 0 Å². The molecule has 1 fully saturated rings. The topological polar surface area (TPSA) is 39.1 Å². The molecule has 21 heavy (non-hydrogen) atoms. The normalized spacial score (nSPS) is 14.6. The van der Waals surface area contributed by atoms with Gasteiger partial charge in [0.05, 0.1) is 18.0 Å². The Hall–Kier alpha value is -1.65. The summed E-state index contributed by atoms with van der Waals surface area (Å²) in [5.41, 5.74) is 4.94. The standard InChI is InChI=1S/C17H23N3O/c1-13-3-6-17(15(11-13)12-18-8-10-21-2)20-9-7-16(19-20)14-4-5-14/h3,6-7,9,11,14,18H,4-5,8,10,12H2,1-2H3. The Bertz CT molecular complexity index is 602. The summed E-state index contributed by atoms with van der Waals surface area (Å²) in [6.07, 6.45) is 4.66. The SMILES string of the molecule is COCCNCc1cc(C)ccc1-n1ccc(C2CC2)n1. The van der Waals surface area contributed by atoms with Crippen LogP contribution < -0.4 is 5.32 Å². The van der Waals surface area contributed by atoms with Crippen molar-refractivity contribution in [3.05, 3.63) is 47.3 Å². The molecule has 0 aliphatic heterocycles. The van der Waals surface area contributed by atoms with Crippen LogP contribution in [0.3, 0.4) is 0 Å². The molecule has 4 nitrogen and oxygen atoms in total. The summed E-state index contributed by atoms with van der Waals surface area (Å²) in [6, 6.07) is 8.69. The summed E-state index contributed by atoms with van der Waals surface area (Å²) in [6.45, 7) is 4.55. The lowest BCUT2D eigenvalue weighted by atomic mass is 10.1. The summed E-state index contributed by atoms with van der Waals surface area (Å²) in [7, 11) is 1.73. The monoisotopic (exact) mass is 285 g/mol. The van der Waals surface area contributed by atoms with Crippen LogP contribution in [-0.4, -0.2) is 30.0 Å². The molecule has 0 saturated heterocycles. The molecular weight excluding hydrogens is 262 g/mol. The van der Waals surface area contributed by atoms with Gasteiger partial charge in [0.1, 0.15) is 0 Å². The summed E-state index contributed by atoms with van der Waals surface area (Å²) in [5.74, 6) is 0.694. The fourth-order valence-corrected chi connectivity index (χ4v) is 2.55. The van der Waals surface area contributed by atoms with Gasteiger partial charge in [-0.15, -0.1) is 0 Å². The number of hydrogen-bond acceptors (Lipinski definition) is 3. The molecule has 0 atom stereocenters. The van der Waals surface area contributed by atoms with E-state index in [2.05, 4.69) is 42.7 Å². The van der Waals surface area contributed by atoms with Gasteiger partial charge in [0.2, 0.25) is 0 Å². The van der Waals surface area contributed by atoms with Crippen molar-refractivity contribution in [2.45, 2.75) is 32.2 Å². The molecule has 2 aromatic rings. The molecule has 1 N–H and O–H groups in total. The Morgan fingerprint density at radius 3 is 2.95 bits per heavy atom. The number of aryl methyl sites for hydroxylation is 1. The fourth-order valence-electron chi connectivity index (χ4n) is 2.55. The molecule has 1 heterocycles. The van der Waals surface area contributed by atoms with Gasteiger partial charge in [-0.3, -0.25) is 0 Å². The van der Waals surface area contributed by atoms with E-state index in [9.17, 15) is 0 Å². The number of hydrogen-bond donors (Lipinski definition) is 1. The van der Waals surface area contributed by atoms with Gasteiger partial charge in [0.15, 0.2) is 0 Å². The third-order valence-corrected chi connectivity index (χ3v) is 3.89. The molecule has 3 rings (SSSR count). The van der Waals surface area contributed by atoms with Gasteiger partial charge in [-0.1, -0.05) is 17.7 Å². The number of ether oxygens (including phenoxy) is 1. The first-order valence-corrected chi connectivity index (χ1v) is 7.63. The quantitative estimate of drug-likeness (QED) is 0.795. The zero-order valence-electron chi connectivity index (χ0n) is 12.8. The Labute approximate surface area is 126 Å². The van der Waals surface area contributed by atoms with Crippen molar-refractivity contribution in [1.29, 1.82) is 0 Å². The average molecular weight is 285 g/mol. The molecule has 1 aliphatic carbocycles. The van der Waals surface area contributed by atoms with Crippen molar-refractivity contribution in [3.8, 4) is 5.69 Å². The number of aromatic nitrogens is 2. The Balaban J connectivity index is 1.78. The average Bonchev–Trinajstić information content (AvgIpc) is 3.22. The van der Waals surface area contributed by atoms with E-state index in [0.717, 1.165) is 25.4 Å². The van der Waals surface area contributed by atoms with E-state index in [0.29, 0.717) is 5.92 Å². The summed E-state index contributed by atoms with van der Waals surface area (Å²) in [5, 5.41) is 8.16. The van der Waals surface area contributed by atoms with Crippen LogP contribution in [0.1, 0.15) is 35.6 Å². The molecule has 1 aromatic heterocycles. The third-order valence-electron chi connectivity index (χ3n) is 3.89. The van der Waals surface area contributed by atoms with Gasteiger partial charge in [0.25, 0.3) is 0 Å². The number of nitrogens with zero attached hydrogens (tertiary/aromatic N) is 2. The fraction of sp³-hybridized carbons (Fsp3) is 0.471. The molecule has 0 unspecified atom stereocenters. The van der Waals surface area contributed by atoms with Crippen molar-refractivity contribution < 1.29 is 4.74 Å². The van der Waals surface area contributed by atoms with Crippen molar-refractivity contribution in [2.24, 2.45) is 0 Å². The van der Waals surface area contributed by atoms with Crippen molar-refractivity contribution in [1.82, 2.24) is 15.1 Å². The largest absolute Gasteiger partial charge is 0.383 e. The van der Waals surface area contributed by atoms with Crippen LogP contribution >= 0.6 is 0 Å². The van der Waals surface area contributed by atoms with Gasteiger partial charge in [-0.25, -0.2) is 4.68 Å². The van der Waals surface area contributed by atoms with E-state index in [1.807, 2.05) is 4.68 Å². The van der Waals surface area contributed by atoms with E-state index >= 15 is 0 Å². The van der Waals surface area contributed by atoms with Crippen LogP contribution in [0.2, 0.25) is 0 Å². The Morgan fingerprint density at radius 1 is 1.33 bits per heavy atom. The van der Waals surface area contributed by atoms with Crippen LogP contribution in [0.5, 0.6) is 0 Å². The molecule has 1 saturated carbocycles. The first-order valence-electron chi connectivity index (χ1n) is 7.63. The van der Waals surface area contributed by atoms with Gasteiger partial charge in [-0.05, 0) is 37.5 Å². The molecule has 0 spiro atoms. The Morgan fingerprint density at radius 2 is 2.19 bits per heavy atom. The summed E-state index contributed by atoms with van der Waals surface area (Å²) in [4.78, 5) is 0. The molecule has 4 heteroatoms. The molecule has 112 valence electrons. The van der Waals surface area contributed by atoms with E-state index in [1.165, 1.54) is 29.7 Å². The molecule has 0 amide bonds. The Kier molecular flexibility index (Phi) is 4.36. The van der Waals surface area contributed by atoms with Crippen LogP contribution in [0.25, 0.3) is 5.69 Å². The van der Waals surface area contributed by atoms with Crippen LogP contribution in [-0.2, 0) is 11.3 Å². The molecule has 1 aliphatic rings. The highest BCUT2D eigenvalue weighted by atomic mass is 16.5. The van der Waals surface area contributed by atoms with E-state index in [4.69, 9.17) is 9.84 Å². The highest BCUT2D eigenvalue weighted by molar-refractivity contribution is 5.43. The third kappa shape index (κ3) is 3.52. The van der Waals surface area contributed by atoms with Crippen molar-refractivity contribution in [2.75, 3.05) is 20.3 Å². The first-order chi connectivity index (χ1) is 10.3. The minimum atomic E-state index is 0.694. The predicted molar refractivity (Wildman–Crippen MR) is 83.9 cm³/mol. The minimum Gasteiger partial charge on any atom is -0.383 e. The second kappa shape index (κ2) is 6.41. The second-order valence-corrected chi connectivity index (χ2v) is 5.76. The lowest BCUT2D eigenvalue weighted by Gasteiger charge is -2.12. The molecule has 0 radical (unpaired) electrons. The molecule has 1 aromatic carbocycles. The lowest BCUT2D eigenvalue weighted by molar-refractivity contribution is 0.199. The maximum absolute atomic E-state index is 5.07.